The highest BCUT2D eigenvalue weighted by Gasteiger charge is 2.18. The van der Waals surface area contributed by atoms with Crippen molar-refractivity contribution in [3.05, 3.63) is 50.1 Å². The molecular formula is C16H15Cl2N3S. The monoisotopic (exact) mass is 351 g/mol. The molecule has 1 aromatic carbocycles. The van der Waals surface area contributed by atoms with Gasteiger partial charge in [0.2, 0.25) is 0 Å². The molecule has 0 radical (unpaired) electrons. The number of thiophene rings is 1. The van der Waals surface area contributed by atoms with Gasteiger partial charge in [-0.25, -0.2) is 0 Å². The standard InChI is InChI=1S/C16H15Cl2N3S/c17-15-9-13(2-1-12(15)10-19)21-7-5-20(6-8-21)11-14-3-4-16(18)22-14/h1-4,9H,5-8,11H2. The highest BCUT2D eigenvalue weighted by atomic mass is 35.5. The number of halogens is 2. The molecule has 0 N–H and O–H groups in total. The lowest BCUT2D eigenvalue weighted by atomic mass is 10.2. The second kappa shape index (κ2) is 6.89. The molecular weight excluding hydrogens is 337 g/mol. The second-order valence-corrected chi connectivity index (χ2v) is 7.45. The molecule has 0 aliphatic carbocycles. The van der Waals surface area contributed by atoms with E-state index >= 15 is 0 Å². The number of nitriles is 1. The maximum Gasteiger partial charge on any atom is 0.101 e. The Morgan fingerprint density at radius 3 is 2.45 bits per heavy atom. The van der Waals surface area contributed by atoms with Gasteiger partial charge in [0, 0.05) is 43.3 Å². The third-order valence-corrected chi connectivity index (χ3v) is 5.35. The lowest BCUT2D eigenvalue weighted by Crippen LogP contribution is -2.45. The molecule has 1 saturated heterocycles. The highest BCUT2D eigenvalue weighted by Crippen LogP contribution is 2.26. The molecule has 0 saturated carbocycles. The predicted octanol–water partition coefficient (Wildman–Crippen LogP) is 4.25. The minimum absolute atomic E-state index is 0.524. The van der Waals surface area contributed by atoms with Gasteiger partial charge in [-0.2, -0.15) is 5.26 Å². The van der Waals surface area contributed by atoms with Gasteiger partial charge < -0.3 is 4.90 Å². The Morgan fingerprint density at radius 2 is 1.86 bits per heavy atom. The highest BCUT2D eigenvalue weighted by molar-refractivity contribution is 7.16. The van der Waals surface area contributed by atoms with Crippen LogP contribution >= 0.6 is 34.5 Å². The van der Waals surface area contributed by atoms with Crippen molar-refractivity contribution in [2.24, 2.45) is 0 Å². The minimum atomic E-state index is 0.524. The van der Waals surface area contributed by atoms with Crippen molar-refractivity contribution in [2.45, 2.75) is 6.54 Å². The first-order valence-corrected chi connectivity index (χ1v) is 8.64. The van der Waals surface area contributed by atoms with Crippen LogP contribution in [-0.4, -0.2) is 31.1 Å². The smallest absolute Gasteiger partial charge is 0.101 e. The molecule has 22 heavy (non-hydrogen) atoms. The molecule has 3 rings (SSSR count). The number of hydrogen-bond donors (Lipinski definition) is 0. The Bertz CT molecular complexity index is 700. The van der Waals surface area contributed by atoms with Gasteiger partial charge in [-0.15, -0.1) is 11.3 Å². The van der Waals surface area contributed by atoms with Crippen molar-refractivity contribution in [3.8, 4) is 6.07 Å². The quantitative estimate of drug-likeness (QED) is 0.827. The minimum Gasteiger partial charge on any atom is -0.369 e. The van der Waals surface area contributed by atoms with Gasteiger partial charge in [-0.05, 0) is 30.3 Å². The second-order valence-electron chi connectivity index (χ2n) is 5.24. The summed E-state index contributed by atoms with van der Waals surface area (Å²) in [6, 6.07) is 11.8. The molecule has 1 aliphatic rings. The van der Waals surface area contributed by atoms with Crippen molar-refractivity contribution in [3.63, 3.8) is 0 Å². The summed E-state index contributed by atoms with van der Waals surface area (Å²) in [5.41, 5.74) is 1.61. The van der Waals surface area contributed by atoms with E-state index in [-0.39, 0.29) is 0 Å². The number of piperazine rings is 1. The fraction of sp³-hybridized carbons (Fsp3) is 0.312. The van der Waals surface area contributed by atoms with Gasteiger partial charge in [-0.3, -0.25) is 4.90 Å². The Morgan fingerprint density at radius 1 is 1.09 bits per heavy atom. The molecule has 2 heterocycles. The van der Waals surface area contributed by atoms with E-state index < -0.39 is 0 Å². The molecule has 1 aliphatic heterocycles. The molecule has 2 aromatic rings. The first-order chi connectivity index (χ1) is 10.7. The Labute approximate surface area is 144 Å². The van der Waals surface area contributed by atoms with Gasteiger partial charge in [-0.1, -0.05) is 23.2 Å². The fourth-order valence-electron chi connectivity index (χ4n) is 2.61. The lowest BCUT2D eigenvalue weighted by molar-refractivity contribution is 0.252. The average molecular weight is 352 g/mol. The number of nitrogens with zero attached hydrogens (tertiary/aromatic N) is 3. The van der Waals surface area contributed by atoms with E-state index in [1.807, 2.05) is 18.2 Å². The number of anilines is 1. The number of hydrogen-bond acceptors (Lipinski definition) is 4. The van der Waals surface area contributed by atoms with Crippen molar-refractivity contribution in [2.75, 3.05) is 31.1 Å². The van der Waals surface area contributed by atoms with Gasteiger partial charge in [0.05, 0.1) is 14.9 Å². The third-order valence-electron chi connectivity index (χ3n) is 3.82. The molecule has 6 heteroatoms. The van der Waals surface area contributed by atoms with E-state index in [1.54, 1.807) is 17.4 Å². The van der Waals surface area contributed by atoms with E-state index in [9.17, 15) is 0 Å². The van der Waals surface area contributed by atoms with Gasteiger partial charge in [0.15, 0.2) is 0 Å². The molecule has 114 valence electrons. The molecule has 0 atom stereocenters. The van der Waals surface area contributed by atoms with Crippen molar-refractivity contribution in [1.82, 2.24) is 4.90 Å². The summed E-state index contributed by atoms with van der Waals surface area (Å²) in [6.07, 6.45) is 0. The van der Waals surface area contributed by atoms with Gasteiger partial charge in [0.1, 0.15) is 6.07 Å². The molecule has 1 aromatic heterocycles. The maximum atomic E-state index is 8.93. The Balaban J connectivity index is 1.59. The van der Waals surface area contributed by atoms with Crippen LogP contribution in [0.1, 0.15) is 10.4 Å². The van der Waals surface area contributed by atoms with E-state index in [4.69, 9.17) is 28.5 Å². The third kappa shape index (κ3) is 3.56. The zero-order chi connectivity index (χ0) is 15.5. The van der Waals surface area contributed by atoms with Crippen molar-refractivity contribution in [1.29, 1.82) is 5.26 Å². The Hall–Kier alpha value is -1.25. The first-order valence-electron chi connectivity index (χ1n) is 7.07. The maximum absolute atomic E-state index is 8.93. The normalized spacial score (nSPS) is 15.8. The summed E-state index contributed by atoms with van der Waals surface area (Å²) in [4.78, 5) is 6.05. The van der Waals surface area contributed by atoms with E-state index in [1.165, 1.54) is 4.88 Å². The predicted molar refractivity (Wildman–Crippen MR) is 93.0 cm³/mol. The van der Waals surface area contributed by atoms with Crippen LogP contribution in [0.3, 0.4) is 0 Å². The Kier molecular flexibility index (Phi) is 4.90. The topological polar surface area (TPSA) is 30.3 Å². The molecule has 1 fully saturated rings. The summed E-state index contributed by atoms with van der Waals surface area (Å²) < 4.78 is 0.848. The van der Waals surface area contributed by atoms with Crippen LogP contribution < -0.4 is 4.90 Å². The SMILES string of the molecule is N#Cc1ccc(N2CCN(Cc3ccc(Cl)s3)CC2)cc1Cl. The van der Waals surface area contributed by atoms with Crippen molar-refractivity contribution < 1.29 is 0 Å². The summed E-state index contributed by atoms with van der Waals surface area (Å²) in [7, 11) is 0. The van der Waals surface area contributed by atoms with Crippen LogP contribution in [0.5, 0.6) is 0 Å². The molecule has 0 bridgehead atoms. The zero-order valence-electron chi connectivity index (χ0n) is 11.9. The van der Waals surface area contributed by atoms with Crippen LogP contribution in [0.25, 0.3) is 0 Å². The summed E-state index contributed by atoms with van der Waals surface area (Å²) >= 11 is 13.7. The van der Waals surface area contributed by atoms with E-state index in [0.29, 0.717) is 10.6 Å². The largest absolute Gasteiger partial charge is 0.369 e. The average Bonchev–Trinajstić information content (AvgIpc) is 2.93. The van der Waals surface area contributed by atoms with Crippen LogP contribution in [0, 0.1) is 11.3 Å². The molecule has 0 unspecified atom stereocenters. The summed E-state index contributed by atoms with van der Waals surface area (Å²) in [6.45, 7) is 4.89. The molecule has 0 spiro atoms. The molecule has 3 nitrogen and oxygen atoms in total. The number of benzene rings is 1. The van der Waals surface area contributed by atoms with Gasteiger partial charge in [0.25, 0.3) is 0 Å². The van der Waals surface area contributed by atoms with Crippen LogP contribution in [-0.2, 0) is 6.54 Å². The zero-order valence-corrected chi connectivity index (χ0v) is 14.3. The summed E-state index contributed by atoms with van der Waals surface area (Å²) in [5, 5.41) is 9.46. The fourth-order valence-corrected chi connectivity index (χ4v) is 3.96. The van der Waals surface area contributed by atoms with E-state index in [2.05, 4.69) is 21.9 Å². The molecule has 0 amide bonds. The van der Waals surface area contributed by atoms with Gasteiger partial charge >= 0.3 is 0 Å². The van der Waals surface area contributed by atoms with Crippen LogP contribution in [0.2, 0.25) is 9.36 Å². The summed E-state index contributed by atoms with van der Waals surface area (Å²) in [5.74, 6) is 0. The van der Waals surface area contributed by atoms with Crippen molar-refractivity contribution >= 4 is 40.2 Å². The van der Waals surface area contributed by atoms with E-state index in [0.717, 1.165) is 42.7 Å². The number of rotatable bonds is 3. The first kappa shape index (κ1) is 15.6. The lowest BCUT2D eigenvalue weighted by Gasteiger charge is -2.36. The van der Waals surface area contributed by atoms with Crippen LogP contribution in [0.15, 0.2) is 30.3 Å². The van der Waals surface area contributed by atoms with Crippen LogP contribution in [0.4, 0.5) is 5.69 Å².